The number of carboxylic acids is 1. The van der Waals surface area contributed by atoms with E-state index in [4.69, 9.17) is 5.11 Å². The lowest BCUT2D eigenvalue weighted by Gasteiger charge is -2.24. The number of aromatic carboxylic acids is 1. The van der Waals surface area contributed by atoms with Crippen LogP contribution in [0.5, 0.6) is 0 Å². The number of aromatic nitrogens is 2. The van der Waals surface area contributed by atoms with Gasteiger partial charge in [-0.15, -0.1) is 0 Å². The van der Waals surface area contributed by atoms with Crippen molar-refractivity contribution in [1.29, 1.82) is 0 Å². The lowest BCUT2D eigenvalue weighted by molar-refractivity contribution is -0.148. The third-order valence-corrected chi connectivity index (χ3v) is 2.98. The zero-order valence-corrected chi connectivity index (χ0v) is 9.92. The molecule has 0 aromatic carbocycles. The number of carbonyl (C=O) groups excluding carboxylic acids is 2. The van der Waals surface area contributed by atoms with Gasteiger partial charge in [-0.05, 0) is 6.42 Å². The molecule has 7 heteroatoms. The molecule has 1 saturated heterocycles. The molecule has 0 unspecified atom stereocenters. The zero-order chi connectivity index (χ0) is 13.3. The van der Waals surface area contributed by atoms with Gasteiger partial charge in [-0.1, -0.05) is 0 Å². The Morgan fingerprint density at radius 3 is 2.56 bits per heavy atom. The summed E-state index contributed by atoms with van der Waals surface area (Å²) in [6.07, 6.45) is 2.43. The molecule has 1 aromatic heterocycles. The normalized spacial score (nSPS) is 16.2. The number of hydrogen-bond donors (Lipinski definition) is 1. The van der Waals surface area contributed by atoms with Gasteiger partial charge in [0.1, 0.15) is 5.56 Å². The van der Waals surface area contributed by atoms with Crippen molar-refractivity contribution >= 4 is 17.8 Å². The summed E-state index contributed by atoms with van der Waals surface area (Å²) < 4.78 is 1.37. The van der Waals surface area contributed by atoms with Crippen molar-refractivity contribution < 1.29 is 19.5 Å². The van der Waals surface area contributed by atoms with Gasteiger partial charge in [-0.2, -0.15) is 5.10 Å². The first-order chi connectivity index (χ1) is 8.50. The molecule has 2 rings (SSSR count). The number of likely N-dealkylation sites (tertiary alicyclic amines) is 1. The largest absolute Gasteiger partial charge is 0.478 e. The molecule has 18 heavy (non-hydrogen) atoms. The number of carboxylic acid groups (broad SMARTS) is 1. The SMILES string of the molecule is Cn1ncc(C(=O)O)c1CN1C(=O)CCCC1=O. The Balaban J connectivity index is 2.28. The van der Waals surface area contributed by atoms with Crippen LogP contribution in [0, 0.1) is 0 Å². The number of carbonyl (C=O) groups is 3. The predicted octanol–water partition coefficient (Wildman–Crippen LogP) is 0.157. The molecule has 1 aliphatic rings. The maximum Gasteiger partial charge on any atom is 0.339 e. The third kappa shape index (κ3) is 2.11. The Kier molecular flexibility index (Phi) is 3.14. The summed E-state index contributed by atoms with van der Waals surface area (Å²) in [6, 6.07) is 0. The molecule has 96 valence electrons. The van der Waals surface area contributed by atoms with E-state index in [2.05, 4.69) is 5.10 Å². The van der Waals surface area contributed by atoms with Crippen LogP contribution >= 0.6 is 0 Å². The molecular weight excluding hydrogens is 238 g/mol. The van der Waals surface area contributed by atoms with Crippen molar-refractivity contribution in [3.05, 3.63) is 17.5 Å². The van der Waals surface area contributed by atoms with E-state index in [1.54, 1.807) is 7.05 Å². The Bertz CT molecular complexity index is 504. The van der Waals surface area contributed by atoms with Gasteiger partial charge in [0.15, 0.2) is 0 Å². The van der Waals surface area contributed by atoms with Gasteiger partial charge < -0.3 is 5.11 Å². The first-order valence-electron chi connectivity index (χ1n) is 5.58. The van der Waals surface area contributed by atoms with Crippen molar-refractivity contribution in [1.82, 2.24) is 14.7 Å². The predicted molar refractivity (Wildman–Crippen MR) is 59.6 cm³/mol. The Morgan fingerprint density at radius 1 is 1.39 bits per heavy atom. The fraction of sp³-hybridized carbons (Fsp3) is 0.455. The smallest absolute Gasteiger partial charge is 0.339 e. The van der Waals surface area contributed by atoms with Gasteiger partial charge in [0.25, 0.3) is 0 Å². The highest BCUT2D eigenvalue weighted by atomic mass is 16.4. The number of nitrogens with zero attached hydrogens (tertiary/aromatic N) is 3. The summed E-state index contributed by atoms with van der Waals surface area (Å²) in [5, 5.41) is 12.8. The molecular formula is C11H13N3O4. The second-order valence-corrected chi connectivity index (χ2v) is 4.16. The molecule has 0 bridgehead atoms. The Labute approximate surface area is 103 Å². The monoisotopic (exact) mass is 251 g/mol. The van der Waals surface area contributed by atoms with Gasteiger partial charge in [0.05, 0.1) is 18.4 Å². The van der Waals surface area contributed by atoms with Crippen molar-refractivity contribution in [3.63, 3.8) is 0 Å². The molecule has 0 atom stereocenters. The topological polar surface area (TPSA) is 92.5 Å². The van der Waals surface area contributed by atoms with Gasteiger partial charge in [0.2, 0.25) is 11.8 Å². The molecule has 7 nitrogen and oxygen atoms in total. The van der Waals surface area contributed by atoms with Crippen LogP contribution in [0.1, 0.15) is 35.3 Å². The van der Waals surface area contributed by atoms with Crippen molar-refractivity contribution in [3.8, 4) is 0 Å². The average Bonchev–Trinajstić information content (AvgIpc) is 2.66. The van der Waals surface area contributed by atoms with E-state index in [9.17, 15) is 14.4 Å². The second kappa shape index (κ2) is 4.59. The number of imide groups is 1. The molecule has 0 saturated carbocycles. The lowest BCUT2D eigenvalue weighted by Crippen LogP contribution is -2.40. The van der Waals surface area contributed by atoms with Crippen LogP contribution in [-0.2, 0) is 23.2 Å². The molecule has 0 aliphatic carbocycles. The maximum absolute atomic E-state index is 11.7. The van der Waals surface area contributed by atoms with E-state index in [0.29, 0.717) is 25.0 Å². The molecule has 0 spiro atoms. The number of hydrogen-bond acceptors (Lipinski definition) is 4. The second-order valence-electron chi connectivity index (χ2n) is 4.16. The number of rotatable bonds is 3. The Hall–Kier alpha value is -2.18. The van der Waals surface area contributed by atoms with E-state index in [0.717, 1.165) is 4.90 Å². The summed E-state index contributed by atoms with van der Waals surface area (Å²) in [6.45, 7) is -0.0319. The van der Waals surface area contributed by atoms with Crippen molar-refractivity contribution in [2.24, 2.45) is 7.05 Å². The average molecular weight is 251 g/mol. The van der Waals surface area contributed by atoms with Crippen LogP contribution in [0.3, 0.4) is 0 Å². The van der Waals surface area contributed by atoms with Crippen LogP contribution in [-0.4, -0.2) is 37.6 Å². The fourth-order valence-corrected chi connectivity index (χ4v) is 1.95. The summed E-state index contributed by atoms with van der Waals surface area (Å²) in [5.41, 5.74) is 0.370. The number of piperidine rings is 1. The maximum atomic E-state index is 11.7. The highest BCUT2D eigenvalue weighted by molar-refractivity contribution is 5.97. The van der Waals surface area contributed by atoms with Crippen LogP contribution in [0.4, 0.5) is 0 Å². The van der Waals surface area contributed by atoms with Crippen LogP contribution < -0.4 is 0 Å². The van der Waals surface area contributed by atoms with E-state index in [1.165, 1.54) is 10.9 Å². The minimum absolute atomic E-state index is 0.0173. The van der Waals surface area contributed by atoms with E-state index < -0.39 is 5.97 Å². The minimum Gasteiger partial charge on any atom is -0.478 e. The number of amides is 2. The molecule has 1 aliphatic heterocycles. The van der Waals surface area contributed by atoms with Gasteiger partial charge in [0, 0.05) is 19.9 Å². The van der Waals surface area contributed by atoms with Crippen LogP contribution in [0.15, 0.2) is 6.20 Å². The van der Waals surface area contributed by atoms with E-state index in [1.807, 2.05) is 0 Å². The minimum atomic E-state index is -1.12. The standard InChI is InChI=1S/C11H13N3O4/c1-13-8(7(5-12-13)11(17)18)6-14-9(15)3-2-4-10(14)16/h5H,2-4,6H2,1H3,(H,17,18). The first-order valence-corrected chi connectivity index (χ1v) is 5.58. The van der Waals surface area contributed by atoms with Gasteiger partial charge in [-0.3, -0.25) is 19.2 Å². The molecule has 1 fully saturated rings. The molecule has 2 amide bonds. The van der Waals surface area contributed by atoms with Crippen LogP contribution in [0.25, 0.3) is 0 Å². The molecule has 2 heterocycles. The molecule has 0 radical (unpaired) electrons. The summed E-state index contributed by atoms with van der Waals surface area (Å²) in [4.78, 5) is 35.4. The quantitative estimate of drug-likeness (QED) is 0.772. The Morgan fingerprint density at radius 2 is 2.00 bits per heavy atom. The molecule has 1 aromatic rings. The summed E-state index contributed by atoms with van der Waals surface area (Å²) in [7, 11) is 1.58. The highest BCUT2D eigenvalue weighted by Crippen LogP contribution is 2.17. The van der Waals surface area contributed by atoms with E-state index >= 15 is 0 Å². The first kappa shape index (κ1) is 12.3. The zero-order valence-electron chi connectivity index (χ0n) is 9.92. The summed E-state index contributed by atoms with van der Waals surface area (Å²) in [5.74, 6) is -1.64. The highest BCUT2D eigenvalue weighted by Gasteiger charge is 2.28. The van der Waals surface area contributed by atoms with Crippen LogP contribution in [0.2, 0.25) is 0 Å². The van der Waals surface area contributed by atoms with Gasteiger partial charge in [-0.25, -0.2) is 4.79 Å². The van der Waals surface area contributed by atoms with Crippen molar-refractivity contribution in [2.75, 3.05) is 0 Å². The van der Waals surface area contributed by atoms with Crippen molar-refractivity contribution in [2.45, 2.75) is 25.8 Å². The fourth-order valence-electron chi connectivity index (χ4n) is 1.95. The summed E-state index contributed by atoms with van der Waals surface area (Å²) >= 11 is 0. The third-order valence-electron chi connectivity index (χ3n) is 2.98. The number of aryl methyl sites for hydroxylation is 1. The van der Waals surface area contributed by atoms with Gasteiger partial charge >= 0.3 is 5.97 Å². The van der Waals surface area contributed by atoms with E-state index in [-0.39, 0.29) is 23.9 Å². The molecule has 1 N–H and O–H groups in total. The lowest BCUT2D eigenvalue weighted by atomic mass is 10.1.